The lowest BCUT2D eigenvalue weighted by Gasteiger charge is -2.24. The van der Waals surface area contributed by atoms with Crippen LogP contribution in [0.15, 0.2) is 47.6 Å². The maximum atomic E-state index is 12.7. The van der Waals surface area contributed by atoms with E-state index in [1.807, 2.05) is 25.1 Å². The number of methoxy groups -OCH3 is 1. The van der Waals surface area contributed by atoms with Gasteiger partial charge in [0, 0.05) is 17.7 Å². The van der Waals surface area contributed by atoms with Gasteiger partial charge in [-0.25, -0.2) is 5.01 Å². The Morgan fingerprint density at radius 1 is 1.19 bits per heavy atom. The van der Waals surface area contributed by atoms with Crippen molar-refractivity contribution in [2.45, 2.75) is 19.8 Å². The van der Waals surface area contributed by atoms with E-state index in [1.165, 1.54) is 17.1 Å². The molecule has 26 heavy (non-hydrogen) atoms. The maximum Gasteiger partial charge on any atom is 0.273 e. The van der Waals surface area contributed by atoms with Crippen LogP contribution in [0.2, 0.25) is 0 Å². The summed E-state index contributed by atoms with van der Waals surface area (Å²) in [5.74, 6) is 1.29. The van der Waals surface area contributed by atoms with Gasteiger partial charge < -0.3 is 14.6 Å². The second kappa shape index (κ2) is 7.91. The number of carbonyl (C=O) groups is 1. The highest BCUT2D eigenvalue weighted by atomic mass is 16.5. The van der Waals surface area contributed by atoms with Crippen LogP contribution in [0.4, 0.5) is 0 Å². The number of phenolic OH excluding ortho intramolecular Hbond substituents is 1. The number of amides is 1. The molecular weight excluding hydrogens is 332 g/mol. The van der Waals surface area contributed by atoms with E-state index in [4.69, 9.17) is 9.47 Å². The number of rotatable bonds is 5. The predicted octanol–water partition coefficient (Wildman–Crippen LogP) is 3.44. The summed E-state index contributed by atoms with van der Waals surface area (Å²) in [5.41, 5.74) is 2.25. The van der Waals surface area contributed by atoms with Gasteiger partial charge in [-0.15, -0.1) is 0 Å². The third-order valence-electron chi connectivity index (χ3n) is 4.17. The van der Waals surface area contributed by atoms with Gasteiger partial charge in [0.05, 0.1) is 19.4 Å². The topological polar surface area (TPSA) is 71.4 Å². The molecule has 0 spiro atoms. The van der Waals surface area contributed by atoms with Crippen LogP contribution in [0.25, 0.3) is 0 Å². The Morgan fingerprint density at radius 2 is 1.96 bits per heavy atom. The van der Waals surface area contributed by atoms with Crippen LogP contribution in [0, 0.1) is 0 Å². The van der Waals surface area contributed by atoms with Gasteiger partial charge in [0.1, 0.15) is 5.75 Å². The smallest absolute Gasteiger partial charge is 0.273 e. The van der Waals surface area contributed by atoms with E-state index in [9.17, 15) is 9.90 Å². The Labute approximate surface area is 152 Å². The van der Waals surface area contributed by atoms with Crippen molar-refractivity contribution in [3.63, 3.8) is 0 Å². The Morgan fingerprint density at radius 3 is 2.65 bits per heavy atom. The van der Waals surface area contributed by atoms with E-state index in [-0.39, 0.29) is 11.7 Å². The first kappa shape index (κ1) is 17.8. The predicted molar refractivity (Wildman–Crippen MR) is 99.1 cm³/mol. The van der Waals surface area contributed by atoms with Crippen LogP contribution in [0.1, 0.15) is 35.7 Å². The molecule has 1 N–H and O–H groups in total. The number of hydrogen-bond acceptors (Lipinski definition) is 5. The highest BCUT2D eigenvalue weighted by molar-refractivity contribution is 6.03. The summed E-state index contributed by atoms with van der Waals surface area (Å²) in [6.45, 7) is 3.03. The van der Waals surface area contributed by atoms with Crippen molar-refractivity contribution in [2.24, 2.45) is 5.10 Å². The molecule has 0 fully saturated rings. The minimum atomic E-state index is -0.180. The number of ether oxygens (including phenoxy) is 2. The summed E-state index contributed by atoms with van der Waals surface area (Å²) < 4.78 is 10.9. The quantitative estimate of drug-likeness (QED) is 0.893. The van der Waals surface area contributed by atoms with Gasteiger partial charge in [0.25, 0.3) is 5.91 Å². The number of hydrazone groups is 1. The summed E-state index contributed by atoms with van der Waals surface area (Å²) >= 11 is 0. The van der Waals surface area contributed by atoms with E-state index >= 15 is 0 Å². The molecule has 0 unspecified atom stereocenters. The minimum absolute atomic E-state index is 0.131. The van der Waals surface area contributed by atoms with Crippen LogP contribution in [-0.4, -0.2) is 42.0 Å². The summed E-state index contributed by atoms with van der Waals surface area (Å²) in [5, 5.41) is 15.4. The van der Waals surface area contributed by atoms with Crippen LogP contribution in [0.3, 0.4) is 0 Å². The normalized spacial score (nSPS) is 13.9. The fourth-order valence-electron chi connectivity index (χ4n) is 2.87. The van der Waals surface area contributed by atoms with Crippen LogP contribution in [-0.2, 0) is 0 Å². The number of nitrogens with zero attached hydrogens (tertiary/aromatic N) is 2. The third-order valence-corrected chi connectivity index (χ3v) is 4.17. The van der Waals surface area contributed by atoms with Crippen molar-refractivity contribution < 1.29 is 19.4 Å². The SMILES string of the molecule is CCOc1cc(C2=NN(C(=O)c3ccc(O)cc3)CCC2)ccc1OC. The molecule has 0 saturated heterocycles. The molecule has 2 aromatic carbocycles. The Balaban J connectivity index is 1.87. The summed E-state index contributed by atoms with van der Waals surface area (Å²) in [6, 6.07) is 11.9. The first-order valence-corrected chi connectivity index (χ1v) is 8.62. The summed E-state index contributed by atoms with van der Waals surface area (Å²) in [4.78, 5) is 12.7. The molecule has 6 heteroatoms. The molecule has 1 aliphatic rings. The van der Waals surface area contributed by atoms with Gasteiger partial charge in [-0.1, -0.05) is 0 Å². The lowest BCUT2D eigenvalue weighted by atomic mass is 10.0. The average Bonchev–Trinajstić information content (AvgIpc) is 2.68. The average molecular weight is 354 g/mol. The van der Waals surface area contributed by atoms with Gasteiger partial charge in [-0.05, 0) is 62.2 Å². The molecule has 0 saturated carbocycles. The first-order valence-electron chi connectivity index (χ1n) is 8.62. The summed E-state index contributed by atoms with van der Waals surface area (Å²) in [7, 11) is 1.60. The molecule has 0 bridgehead atoms. The fraction of sp³-hybridized carbons (Fsp3) is 0.300. The standard InChI is InChI=1S/C20H22N2O4/c1-3-26-19-13-15(8-11-18(19)25-2)17-5-4-12-22(21-17)20(24)14-6-9-16(23)10-7-14/h6-11,13,23H,3-5,12H2,1-2H3. The Hall–Kier alpha value is -3.02. The molecule has 1 heterocycles. The number of carbonyl (C=O) groups excluding carboxylic acids is 1. The largest absolute Gasteiger partial charge is 0.508 e. The van der Waals surface area contributed by atoms with Crippen LogP contribution >= 0.6 is 0 Å². The second-order valence-corrected chi connectivity index (χ2v) is 5.92. The molecular formula is C20H22N2O4. The van der Waals surface area contributed by atoms with Gasteiger partial charge in [-0.3, -0.25) is 4.79 Å². The molecule has 1 aliphatic heterocycles. The number of aromatic hydroxyl groups is 1. The maximum absolute atomic E-state index is 12.7. The lowest BCUT2D eigenvalue weighted by Crippen LogP contribution is -2.32. The van der Waals surface area contributed by atoms with Crippen LogP contribution in [0.5, 0.6) is 17.2 Å². The van der Waals surface area contributed by atoms with E-state index in [0.29, 0.717) is 30.2 Å². The van der Waals surface area contributed by atoms with Gasteiger partial charge in [0.2, 0.25) is 0 Å². The first-order chi connectivity index (χ1) is 12.6. The van der Waals surface area contributed by atoms with Gasteiger partial charge in [0.15, 0.2) is 11.5 Å². The van der Waals surface area contributed by atoms with Gasteiger partial charge >= 0.3 is 0 Å². The fourth-order valence-corrected chi connectivity index (χ4v) is 2.87. The number of hydrogen-bond donors (Lipinski definition) is 1. The molecule has 2 aromatic rings. The van der Waals surface area contributed by atoms with Crippen LogP contribution < -0.4 is 9.47 Å². The van der Waals surface area contributed by atoms with E-state index in [2.05, 4.69) is 5.10 Å². The monoisotopic (exact) mass is 354 g/mol. The molecule has 0 aromatic heterocycles. The Kier molecular flexibility index (Phi) is 5.41. The highest BCUT2D eigenvalue weighted by Gasteiger charge is 2.21. The number of benzene rings is 2. The van der Waals surface area contributed by atoms with Gasteiger partial charge in [-0.2, -0.15) is 5.10 Å². The number of phenols is 1. The minimum Gasteiger partial charge on any atom is -0.508 e. The lowest BCUT2D eigenvalue weighted by molar-refractivity contribution is 0.0751. The molecule has 6 nitrogen and oxygen atoms in total. The van der Waals surface area contributed by atoms with E-state index in [0.717, 1.165) is 24.1 Å². The van der Waals surface area contributed by atoms with Crippen molar-refractivity contribution in [2.75, 3.05) is 20.3 Å². The zero-order valence-corrected chi connectivity index (χ0v) is 14.9. The van der Waals surface area contributed by atoms with Crippen molar-refractivity contribution in [1.82, 2.24) is 5.01 Å². The zero-order valence-electron chi connectivity index (χ0n) is 14.9. The zero-order chi connectivity index (χ0) is 18.5. The van der Waals surface area contributed by atoms with Crippen molar-refractivity contribution >= 4 is 11.6 Å². The second-order valence-electron chi connectivity index (χ2n) is 5.92. The van der Waals surface area contributed by atoms with Crippen molar-refractivity contribution in [1.29, 1.82) is 0 Å². The molecule has 136 valence electrons. The van der Waals surface area contributed by atoms with E-state index in [1.54, 1.807) is 19.2 Å². The van der Waals surface area contributed by atoms with E-state index < -0.39 is 0 Å². The van der Waals surface area contributed by atoms with Crippen molar-refractivity contribution in [3.8, 4) is 17.2 Å². The summed E-state index contributed by atoms with van der Waals surface area (Å²) in [6.07, 6.45) is 1.62. The van der Waals surface area contributed by atoms with Crippen molar-refractivity contribution in [3.05, 3.63) is 53.6 Å². The molecule has 0 atom stereocenters. The molecule has 1 amide bonds. The molecule has 3 rings (SSSR count). The Bertz CT molecular complexity index is 815. The molecule has 0 aliphatic carbocycles. The third kappa shape index (κ3) is 3.79. The highest BCUT2D eigenvalue weighted by Crippen LogP contribution is 2.29. The molecule has 0 radical (unpaired) electrons.